The second-order valence-electron chi connectivity index (χ2n) is 7.29. The molecule has 1 amide bonds. The van der Waals surface area contributed by atoms with Gasteiger partial charge in [0.1, 0.15) is 11.9 Å². The molecule has 2 heterocycles. The normalized spacial score (nSPS) is 14.8. The summed E-state index contributed by atoms with van der Waals surface area (Å²) in [5.74, 6) is 1.90. The van der Waals surface area contributed by atoms with Crippen LogP contribution in [0, 0.1) is 0 Å². The van der Waals surface area contributed by atoms with Crippen LogP contribution < -0.4 is 5.32 Å². The van der Waals surface area contributed by atoms with Gasteiger partial charge in [0.25, 0.3) is 5.91 Å². The Kier molecular flexibility index (Phi) is 4.13. The van der Waals surface area contributed by atoms with Crippen molar-refractivity contribution < 1.29 is 14.4 Å². The quantitative estimate of drug-likeness (QED) is 0.478. The van der Waals surface area contributed by atoms with Crippen LogP contribution in [0.25, 0.3) is 22.4 Å². The zero-order valence-corrected chi connectivity index (χ0v) is 15.7. The van der Waals surface area contributed by atoms with Crippen molar-refractivity contribution in [2.45, 2.75) is 31.8 Å². The lowest BCUT2D eigenvalue weighted by atomic mass is 10.1. The third-order valence-electron chi connectivity index (χ3n) is 4.93. The molecule has 0 bridgehead atoms. The van der Waals surface area contributed by atoms with E-state index >= 15 is 0 Å². The molecule has 0 spiro atoms. The number of anilines is 1. The van der Waals surface area contributed by atoms with Crippen LogP contribution in [0.1, 0.15) is 53.9 Å². The molecule has 0 radical (unpaired) electrons. The Morgan fingerprint density at radius 1 is 1.21 bits per heavy atom. The van der Waals surface area contributed by atoms with Gasteiger partial charge in [0, 0.05) is 22.7 Å². The number of aliphatic hydroxyl groups excluding tert-OH is 1. The molecule has 0 aliphatic heterocycles. The molecule has 3 N–H and O–H groups in total. The standard InChI is InChI=1S/C21H19N5O3/c1-11(27)18-23-16-9-8-15(10-17(16)24-18)22-20(28)13-4-2-12(3-5-13)19-25-21(29-26-19)14-6-7-14/h2-5,8-11,14,27H,6-7H2,1H3,(H,22,28)(H,23,24). The molecule has 8 nitrogen and oxygen atoms in total. The Morgan fingerprint density at radius 3 is 2.72 bits per heavy atom. The van der Waals surface area contributed by atoms with Gasteiger partial charge in [0.05, 0.1) is 11.0 Å². The minimum absolute atomic E-state index is 0.224. The highest BCUT2D eigenvalue weighted by atomic mass is 16.5. The van der Waals surface area contributed by atoms with Crippen LogP contribution in [0.3, 0.4) is 0 Å². The van der Waals surface area contributed by atoms with Crippen molar-refractivity contribution in [3.05, 3.63) is 59.7 Å². The van der Waals surface area contributed by atoms with Crippen LogP contribution in [0.4, 0.5) is 5.69 Å². The maximum atomic E-state index is 12.6. The minimum Gasteiger partial charge on any atom is -0.385 e. The zero-order valence-electron chi connectivity index (χ0n) is 15.7. The van der Waals surface area contributed by atoms with Gasteiger partial charge in [-0.2, -0.15) is 4.98 Å². The van der Waals surface area contributed by atoms with E-state index in [9.17, 15) is 9.90 Å². The largest absolute Gasteiger partial charge is 0.385 e. The molecular weight excluding hydrogens is 370 g/mol. The molecule has 1 unspecified atom stereocenters. The lowest BCUT2D eigenvalue weighted by Crippen LogP contribution is -2.11. The number of nitrogens with zero attached hydrogens (tertiary/aromatic N) is 3. The van der Waals surface area contributed by atoms with E-state index in [4.69, 9.17) is 4.52 Å². The van der Waals surface area contributed by atoms with Crippen LogP contribution in [0.5, 0.6) is 0 Å². The molecule has 1 fully saturated rings. The molecule has 8 heteroatoms. The van der Waals surface area contributed by atoms with Crippen molar-refractivity contribution in [1.29, 1.82) is 0 Å². The third-order valence-corrected chi connectivity index (χ3v) is 4.93. The summed E-state index contributed by atoms with van der Waals surface area (Å²) in [5, 5.41) is 16.5. The van der Waals surface area contributed by atoms with E-state index in [2.05, 4.69) is 25.4 Å². The van der Waals surface area contributed by atoms with Crippen LogP contribution in [-0.2, 0) is 0 Å². The number of hydrogen-bond acceptors (Lipinski definition) is 6. The highest BCUT2D eigenvalue weighted by molar-refractivity contribution is 6.05. The number of aromatic nitrogens is 4. The van der Waals surface area contributed by atoms with Crippen molar-refractivity contribution in [1.82, 2.24) is 20.1 Å². The van der Waals surface area contributed by atoms with Gasteiger partial charge in [-0.15, -0.1) is 0 Å². The number of carbonyl (C=O) groups excluding carboxylic acids is 1. The van der Waals surface area contributed by atoms with E-state index < -0.39 is 6.10 Å². The van der Waals surface area contributed by atoms with Crippen LogP contribution >= 0.6 is 0 Å². The first-order chi connectivity index (χ1) is 14.1. The smallest absolute Gasteiger partial charge is 0.255 e. The van der Waals surface area contributed by atoms with E-state index in [-0.39, 0.29) is 5.91 Å². The Balaban J connectivity index is 1.31. The molecule has 1 aliphatic rings. The number of imidazole rings is 1. The molecule has 0 saturated heterocycles. The van der Waals surface area contributed by atoms with E-state index in [0.717, 1.165) is 29.4 Å². The predicted molar refractivity (Wildman–Crippen MR) is 106 cm³/mol. The number of benzene rings is 2. The number of fused-ring (bicyclic) bond motifs is 1. The molecular formula is C21H19N5O3. The number of H-pyrrole nitrogens is 1. The molecule has 29 heavy (non-hydrogen) atoms. The lowest BCUT2D eigenvalue weighted by molar-refractivity contribution is 0.102. The number of aromatic amines is 1. The fourth-order valence-electron chi connectivity index (χ4n) is 3.13. The third kappa shape index (κ3) is 3.50. The summed E-state index contributed by atoms with van der Waals surface area (Å²) in [7, 11) is 0. The van der Waals surface area contributed by atoms with Gasteiger partial charge in [-0.25, -0.2) is 4.98 Å². The molecule has 2 aromatic carbocycles. The molecule has 1 saturated carbocycles. The average Bonchev–Trinajstić information content (AvgIpc) is 3.29. The number of aliphatic hydroxyl groups is 1. The molecule has 146 valence electrons. The molecule has 2 aromatic heterocycles. The van der Waals surface area contributed by atoms with Gasteiger partial charge in [0.2, 0.25) is 11.7 Å². The Labute approximate surface area is 166 Å². The summed E-state index contributed by atoms with van der Waals surface area (Å²) in [6.07, 6.45) is 1.52. The van der Waals surface area contributed by atoms with Gasteiger partial charge in [-0.3, -0.25) is 4.79 Å². The SMILES string of the molecule is CC(O)c1nc2ccc(NC(=O)c3ccc(-c4noc(C5CC5)n4)cc3)cc2[nH]1. The summed E-state index contributed by atoms with van der Waals surface area (Å²) < 4.78 is 5.29. The Hall–Kier alpha value is -3.52. The number of nitrogens with one attached hydrogen (secondary N) is 2. The van der Waals surface area contributed by atoms with E-state index in [1.165, 1.54) is 0 Å². The molecule has 1 aliphatic carbocycles. The highest BCUT2D eigenvalue weighted by Crippen LogP contribution is 2.39. The van der Waals surface area contributed by atoms with Gasteiger partial charge < -0.3 is 19.9 Å². The summed E-state index contributed by atoms with van der Waals surface area (Å²) in [6, 6.07) is 12.5. The van der Waals surface area contributed by atoms with Gasteiger partial charge in [-0.05, 0) is 50.1 Å². The fraction of sp³-hybridized carbons (Fsp3) is 0.238. The number of carbonyl (C=O) groups is 1. The second kappa shape index (κ2) is 6.82. The van der Waals surface area contributed by atoms with Crippen molar-refractivity contribution in [3.63, 3.8) is 0 Å². The minimum atomic E-state index is -0.682. The van der Waals surface area contributed by atoms with Crippen LogP contribution in [-0.4, -0.2) is 31.1 Å². The maximum Gasteiger partial charge on any atom is 0.255 e. The monoisotopic (exact) mass is 389 g/mol. The number of hydrogen-bond donors (Lipinski definition) is 3. The Morgan fingerprint density at radius 2 is 2.00 bits per heavy atom. The van der Waals surface area contributed by atoms with E-state index in [0.29, 0.717) is 34.7 Å². The summed E-state index contributed by atoms with van der Waals surface area (Å²) in [6.45, 7) is 1.64. The Bertz CT molecular complexity index is 1190. The van der Waals surface area contributed by atoms with E-state index in [1.54, 1.807) is 37.3 Å². The van der Waals surface area contributed by atoms with E-state index in [1.807, 2.05) is 12.1 Å². The first-order valence-electron chi connectivity index (χ1n) is 9.50. The molecule has 1 atom stereocenters. The second-order valence-corrected chi connectivity index (χ2v) is 7.29. The fourth-order valence-corrected chi connectivity index (χ4v) is 3.13. The van der Waals surface area contributed by atoms with Gasteiger partial charge in [-0.1, -0.05) is 17.3 Å². The topological polar surface area (TPSA) is 117 Å². The predicted octanol–water partition coefficient (Wildman–Crippen LogP) is 3.80. The lowest BCUT2D eigenvalue weighted by Gasteiger charge is -2.05. The summed E-state index contributed by atoms with van der Waals surface area (Å²) in [4.78, 5) is 24.4. The maximum absolute atomic E-state index is 12.6. The van der Waals surface area contributed by atoms with Gasteiger partial charge in [0.15, 0.2) is 0 Å². The van der Waals surface area contributed by atoms with Crippen molar-refractivity contribution in [3.8, 4) is 11.4 Å². The zero-order chi connectivity index (χ0) is 20.0. The van der Waals surface area contributed by atoms with Crippen molar-refractivity contribution >= 4 is 22.6 Å². The number of rotatable bonds is 5. The van der Waals surface area contributed by atoms with Gasteiger partial charge >= 0.3 is 0 Å². The summed E-state index contributed by atoms with van der Waals surface area (Å²) >= 11 is 0. The number of amides is 1. The first-order valence-corrected chi connectivity index (χ1v) is 9.50. The summed E-state index contributed by atoms with van der Waals surface area (Å²) in [5.41, 5.74) is 3.45. The van der Waals surface area contributed by atoms with Crippen molar-refractivity contribution in [2.24, 2.45) is 0 Å². The molecule has 5 rings (SSSR count). The molecule has 4 aromatic rings. The van der Waals surface area contributed by atoms with Crippen LogP contribution in [0.2, 0.25) is 0 Å². The van der Waals surface area contributed by atoms with Crippen molar-refractivity contribution in [2.75, 3.05) is 5.32 Å². The van der Waals surface area contributed by atoms with Crippen LogP contribution in [0.15, 0.2) is 47.0 Å². The average molecular weight is 389 g/mol. The first kappa shape index (κ1) is 17.6. The highest BCUT2D eigenvalue weighted by Gasteiger charge is 2.29.